The van der Waals surface area contributed by atoms with E-state index in [0.29, 0.717) is 12.8 Å². The number of aliphatic carboxylic acids is 1. The van der Waals surface area contributed by atoms with Crippen molar-refractivity contribution >= 4 is 18.0 Å². The van der Waals surface area contributed by atoms with Gasteiger partial charge in [-0.2, -0.15) is 13.2 Å². The van der Waals surface area contributed by atoms with Crippen LogP contribution in [-0.2, 0) is 14.3 Å². The highest BCUT2D eigenvalue weighted by Gasteiger charge is 2.47. The lowest BCUT2D eigenvalue weighted by molar-refractivity contribution is -0.183. The highest BCUT2D eigenvalue weighted by Crippen LogP contribution is 2.44. The lowest BCUT2D eigenvalue weighted by Gasteiger charge is -2.32. The third-order valence-corrected chi connectivity index (χ3v) is 6.69. The SMILES string of the molecule is O=C(NCC(C(=O)NC(C(=O)O)C1CCC1)C(F)(F)F)OCC1c2ccccc2-c2ccccc21. The van der Waals surface area contributed by atoms with Crippen LogP contribution in [0.25, 0.3) is 11.1 Å². The number of carboxylic acid groups (broad SMARTS) is 1. The number of halogens is 3. The largest absolute Gasteiger partial charge is 0.480 e. The molecule has 2 unspecified atom stereocenters. The summed E-state index contributed by atoms with van der Waals surface area (Å²) in [5, 5.41) is 13.3. The Labute approximate surface area is 199 Å². The molecule has 7 nitrogen and oxygen atoms in total. The molecule has 0 bridgehead atoms. The van der Waals surface area contributed by atoms with Gasteiger partial charge in [0.05, 0.1) is 0 Å². The monoisotopic (exact) mass is 490 g/mol. The van der Waals surface area contributed by atoms with Crippen LogP contribution in [0.3, 0.4) is 0 Å². The first kappa shape index (κ1) is 24.6. The number of fused-ring (bicyclic) bond motifs is 3. The number of nitrogens with one attached hydrogen (secondary N) is 2. The maximum Gasteiger partial charge on any atom is 0.407 e. The molecule has 2 aromatic rings. The van der Waals surface area contributed by atoms with Gasteiger partial charge in [-0.25, -0.2) is 9.59 Å². The summed E-state index contributed by atoms with van der Waals surface area (Å²) >= 11 is 0. The zero-order valence-corrected chi connectivity index (χ0v) is 18.7. The zero-order chi connectivity index (χ0) is 25.2. The standard InChI is InChI=1S/C25H25F3N2O5/c26-25(27,28)20(22(31)30-21(23(32)33)14-6-5-7-14)12-29-24(34)35-13-19-17-10-3-1-8-15(17)16-9-2-4-11-18(16)19/h1-4,8-11,14,19-21H,5-7,12-13H2,(H,29,34)(H,30,31)(H,32,33). The van der Waals surface area contributed by atoms with Gasteiger partial charge in [-0.05, 0) is 41.0 Å². The maximum absolute atomic E-state index is 13.5. The van der Waals surface area contributed by atoms with Crippen LogP contribution < -0.4 is 10.6 Å². The van der Waals surface area contributed by atoms with Crippen molar-refractivity contribution in [1.29, 1.82) is 0 Å². The Hall–Kier alpha value is -3.56. The van der Waals surface area contributed by atoms with E-state index in [-0.39, 0.29) is 12.5 Å². The molecule has 0 heterocycles. The number of alkyl halides is 3. The molecule has 4 rings (SSSR count). The molecule has 1 fully saturated rings. The second-order valence-electron chi connectivity index (χ2n) is 8.82. The van der Waals surface area contributed by atoms with Gasteiger partial charge in [0.25, 0.3) is 0 Å². The average molecular weight is 490 g/mol. The number of amides is 2. The van der Waals surface area contributed by atoms with E-state index in [1.165, 1.54) is 0 Å². The van der Waals surface area contributed by atoms with Gasteiger partial charge in [0.2, 0.25) is 5.91 Å². The second-order valence-corrected chi connectivity index (χ2v) is 8.82. The molecule has 2 aliphatic rings. The molecule has 1 saturated carbocycles. The van der Waals surface area contributed by atoms with Crippen LogP contribution in [0.1, 0.15) is 36.3 Å². The van der Waals surface area contributed by atoms with E-state index < -0.39 is 48.6 Å². The summed E-state index contributed by atoms with van der Waals surface area (Å²) in [6, 6.07) is 13.8. The number of carboxylic acids is 1. The van der Waals surface area contributed by atoms with Crippen molar-refractivity contribution in [3.8, 4) is 11.1 Å². The van der Waals surface area contributed by atoms with Crippen LogP contribution in [0.15, 0.2) is 48.5 Å². The number of ether oxygens (including phenoxy) is 1. The Morgan fingerprint density at radius 1 is 1.00 bits per heavy atom. The predicted molar refractivity (Wildman–Crippen MR) is 120 cm³/mol. The lowest BCUT2D eigenvalue weighted by atomic mass is 9.79. The fraction of sp³-hybridized carbons (Fsp3) is 0.400. The molecule has 3 N–H and O–H groups in total. The summed E-state index contributed by atoms with van der Waals surface area (Å²) in [4.78, 5) is 36.0. The van der Waals surface area contributed by atoms with Gasteiger partial charge in [0.15, 0.2) is 5.92 Å². The van der Waals surface area contributed by atoms with Gasteiger partial charge < -0.3 is 20.5 Å². The Kier molecular flexibility index (Phi) is 7.00. The molecule has 0 saturated heterocycles. The molecule has 2 aromatic carbocycles. The summed E-state index contributed by atoms with van der Waals surface area (Å²) in [5.41, 5.74) is 3.91. The van der Waals surface area contributed by atoms with E-state index in [2.05, 4.69) is 0 Å². The van der Waals surface area contributed by atoms with Gasteiger partial charge in [-0.15, -0.1) is 0 Å². The normalized spacial score (nSPS) is 16.9. The van der Waals surface area contributed by atoms with Gasteiger partial charge in [0.1, 0.15) is 12.6 Å². The number of carbonyl (C=O) groups excluding carboxylic acids is 2. The first-order chi connectivity index (χ1) is 16.7. The molecule has 0 spiro atoms. The molecular formula is C25H25F3N2O5. The Balaban J connectivity index is 1.36. The van der Waals surface area contributed by atoms with Crippen molar-refractivity contribution in [2.45, 2.75) is 37.4 Å². The quantitative estimate of drug-likeness (QED) is 0.518. The van der Waals surface area contributed by atoms with E-state index in [1.807, 2.05) is 59.2 Å². The third-order valence-electron chi connectivity index (χ3n) is 6.69. The highest BCUT2D eigenvalue weighted by atomic mass is 19.4. The smallest absolute Gasteiger partial charge is 0.407 e. The molecule has 2 amide bonds. The topological polar surface area (TPSA) is 105 Å². The molecule has 0 radical (unpaired) electrons. The van der Waals surface area contributed by atoms with Crippen molar-refractivity contribution in [2.75, 3.05) is 13.2 Å². The molecule has 35 heavy (non-hydrogen) atoms. The number of benzene rings is 2. The van der Waals surface area contributed by atoms with Crippen LogP contribution in [0, 0.1) is 11.8 Å². The lowest BCUT2D eigenvalue weighted by Crippen LogP contribution is -2.54. The van der Waals surface area contributed by atoms with Crippen LogP contribution in [0.4, 0.5) is 18.0 Å². The van der Waals surface area contributed by atoms with Crippen molar-refractivity contribution in [3.63, 3.8) is 0 Å². The fourth-order valence-corrected chi connectivity index (χ4v) is 4.60. The minimum absolute atomic E-state index is 0.0918. The minimum Gasteiger partial charge on any atom is -0.480 e. The number of alkyl carbamates (subject to hydrolysis) is 1. The number of rotatable bonds is 8. The van der Waals surface area contributed by atoms with Crippen molar-refractivity contribution in [3.05, 3.63) is 59.7 Å². The van der Waals surface area contributed by atoms with E-state index in [4.69, 9.17) is 4.74 Å². The van der Waals surface area contributed by atoms with E-state index in [0.717, 1.165) is 28.7 Å². The van der Waals surface area contributed by atoms with Gasteiger partial charge in [0, 0.05) is 12.5 Å². The van der Waals surface area contributed by atoms with Gasteiger partial charge >= 0.3 is 18.2 Å². The third kappa shape index (κ3) is 5.26. The predicted octanol–water partition coefficient (Wildman–Crippen LogP) is 4.07. The van der Waals surface area contributed by atoms with Crippen LogP contribution in [-0.4, -0.2) is 48.4 Å². The first-order valence-corrected chi connectivity index (χ1v) is 11.4. The molecule has 0 aromatic heterocycles. The summed E-state index contributed by atoms with van der Waals surface area (Å²) in [6.45, 7) is -1.16. The van der Waals surface area contributed by atoms with Crippen LogP contribution in [0.2, 0.25) is 0 Å². The van der Waals surface area contributed by atoms with Gasteiger partial charge in [-0.3, -0.25) is 4.79 Å². The number of hydrogen-bond acceptors (Lipinski definition) is 4. The number of carbonyl (C=O) groups is 3. The zero-order valence-electron chi connectivity index (χ0n) is 18.7. The summed E-state index contributed by atoms with van der Waals surface area (Å²) in [5.74, 6) is -6.15. The molecular weight excluding hydrogens is 465 g/mol. The van der Waals surface area contributed by atoms with Crippen LogP contribution in [0.5, 0.6) is 0 Å². The fourth-order valence-electron chi connectivity index (χ4n) is 4.60. The summed E-state index contributed by atoms with van der Waals surface area (Å²) < 4.78 is 45.8. The Morgan fingerprint density at radius 2 is 1.57 bits per heavy atom. The van der Waals surface area contributed by atoms with E-state index >= 15 is 0 Å². The average Bonchev–Trinajstić information content (AvgIpc) is 3.09. The van der Waals surface area contributed by atoms with Gasteiger partial charge in [-0.1, -0.05) is 55.0 Å². The molecule has 10 heteroatoms. The molecule has 0 aliphatic heterocycles. The Morgan fingerprint density at radius 3 is 2.06 bits per heavy atom. The van der Waals surface area contributed by atoms with Crippen molar-refractivity contribution in [2.24, 2.45) is 11.8 Å². The summed E-state index contributed by atoms with van der Waals surface area (Å²) in [7, 11) is 0. The van der Waals surface area contributed by atoms with E-state index in [9.17, 15) is 32.7 Å². The number of hydrogen-bond donors (Lipinski definition) is 3. The summed E-state index contributed by atoms with van der Waals surface area (Å²) in [6.07, 6.45) is -4.28. The first-order valence-electron chi connectivity index (χ1n) is 11.4. The maximum atomic E-state index is 13.5. The molecule has 186 valence electrons. The Bertz CT molecular complexity index is 1070. The highest BCUT2D eigenvalue weighted by molar-refractivity contribution is 5.86. The van der Waals surface area contributed by atoms with E-state index in [1.54, 1.807) is 0 Å². The van der Waals surface area contributed by atoms with Crippen molar-refractivity contribution in [1.82, 2.24) is 10.6 Å². The van der Waals surface area contributed by atoms with Crippen molar-refractivity contribution < 1.29 is 37.4 Å². The van der Waals surface area contributed by atoms with Crippen LogP contribution >= 0.6 is 0 Å². The minimum atomic E-state index is -4.98. The molecule has 2 atom stereocenters. The molecule has 2 aliphatic carbocycles. The second kappa shape index (κ2) is 9.97.